The lowest BCUT2D eigenvalue weighted by molar-refractivity contribution is -0.0678. The zero-order chi connectivity index (χ0) is 23.0. The maximum Gasteiger partial charge on any atom is 0.144 e. The highest BCUT2D eigenvalue weighted by molar-refractivity contribution is 9.10. The molecule has 0 aliphatic heterocycles. The van der Waals surface area contributed by atoms with E-state index in [0.29, 0.717) is 17.6 Å². The van der Waals surface area contributed by atoms with Gasteiger partial charge in [0.1, 0.15) is 16.3 Å². The summed E-state index contributed by atoms with van der Waals surface area (Å²) in [6.07, 6.45) is 5.09. The minimum absolute atomic E-state index is 0.146. The van der Waals surface area contributed by atoms with E-state index in [0.717, 1.165) is 41.6 Å². The second kappa shape index (κ2) is 9.98. The third-order valence-corrected chi connectivity index (χ3v) is 9.65. The normalized spacial score (nSPS) is 33.4. The molecule has 2 aliphatic carbocycles. The number of nitrogens with zero attached hydrogens (tertiary/aromatic N) is 1. The van der Waals surface area contributed by atoms with Gasteiger partial charge >= 0.3 is 0 Å². The van der Waals surface area contributed by atoms with Gasteiger partial charge in [0.25, 0.3) is 0 Å². The summed E-state index contributed by atoms with van der Waals surface area (Å²) in [5.74, 6) is 1.42. The predicted octanol–water partition coefficient (Wildman–Crippen LogP) is 5.21. The van der Waals surface area contributed by atoms with Crippen molar-refractivity contribution in [1.82, 2.24) is 9.62 Å². The fraction of sp³-hybridized carbons (Fsp3) is 0.708. The second-order valence-electron chi connectivity index (χ2n) is 9.78. The molecule has 0 saturated heterocycles. The summed E-state index contributed by atoms with van der Waals surface area (Å²) in [7, 11) is 5.85. The molecule has 4 nitrogen and oxygen atoms in total. The van der Waals surface area contributed by atoms with Crippen LogP contribution in [-0.4, -0.2) is 47.5 Å². The average Bonchev–Trinajstić information content (AvgIpc) is 2.94. The van der Waals surface area contributed by atoms with Crippen LogP contribution >= 0.6 is 28.1 Å². The van der Waals surface area contributed by atoms with Crippen LogP contribution in [0.2, 0.25) is 0 Å². The highest BCUT2D eigenvalue weighted by Crippen LogP contribution is 2.61. The lowest BCUT2D eigenvalue weighted by Crippen LogP contribution is -2.65. The molecule has 1 saturated carbocycles. The third-order valence-electron chi connectivity index (χ3n) is 7.30. The fourth-order valence-electron chi connectivity index (χ4n) is 6.24. The van der Waals surface area contributed by atoms with Crippen molar-refractivity contribution in [3.63, 3.8) is 0 Å². The maximum absolute atomic E-state index is 13.4. The molecule has 31 heavy (non-hydrogen) atoms. The van der Waals surface area contributed by atoms with Gasteiger partial charge in [-0.05, 0) is 60.8 Å². The van der Waals surface area contributed by atoms with Gasteiger partial charge in [0, 0.05) is 42.5 Å². The summed E-state index contributed by atoms with van der Waals surface area (Å²) < 4.78 is 24.0. The first-order chi connectivity index (χ1) is 14.6. The molecule has 7 heteroatoms. The van der Waals surface area contributed by atoms with Gasteiger partial charge in [0.05, 0.1) is 6.10 Å². The van der Waals surface area contributed by atoms with Gasteiger partial charge in [-0.1, -0.05) is 61.4 Å². The zero-order valence-electron chi connectivity index (χ0n) is 19.7. The van der Waals surface area contributed by atoms with Gasteiger partial charge in [-0.3, -0.25) is 0 Å². The molecule has 1 aromatic carbocycles. The molecule has 0 aromatic heterocycles. The first kappa shape index (κ1) is 25.4. The molecule has 0 heterocycles. The van der Waals surface area contributed by atoms with E-state index < -0.39 is 16.9 Å². The summed E-state index contributed by atoms with van der Waals surface area (Å²) in [4.78, 5) is 2.86. The molecule has 0 radical (unpaired) electrons. The lowest BCUT2D eigenvalue weighted by atomic mass is 9.56. The topological polar surface area (TPSA) is 47.6 Å². The number of ether oxygens (including phenoxy) is 1. The molecule has 174 valence electrons. The highest BCUT2D eigenvalue weighted by atomic mass is 79.9. The number of hydrogen-bond acceptors (Lipinski definition) is 4. The Morgan fingerprint density at radius 1 is 1.32 bits per heavy atom. The quantitative estimate of drug-likeness (QED) is 0.388. The fourth-order valence-corrected chi connectivity index (χ4v) is 8.46. The Hall–Kier alpha value is -0.180. The first-order valence-corrected chi connectivity index (χ1v) is 13.8. The Bertz CT molecular complexity index is 794. The van der Waals surface area contributed by atoms with Crippen LogP contribution in [0, 0.1) is 17.3 Å². The number of thiocarbonyl (C=S) groups is 1. The van der Waals surface area contributed by atoms with Crippen LogP contribution in [0.4, 0.5) is 0 Å². The average molecular weight is 530 g/mol. The smallest absolute Gasteiger partial charge is 0.144 e. The van der Waals surface area contributed by atoms with Crippen LogP contribution in [0.5, 0.6) is 0 Å². The van der Waals surface area contributed by atoms with Crippen molar-refractivity contribution < 1.29 is 9.29 Å². The largest absolute Gasteiger partial charge is 0.598 e. The predicted molar refractivity (Wildman–Crippen MR) is 138 cm³/mol. The Balaban J connectivity index is 2.20. The van der Waals surface area contributed by atoms with Crippen LogP contribution in [0.3, 0.4) is 0 Å². The number of benzene rings is 1. The molecule has 0 unspecified atom stereocenters. The molecule has 3 rings (SSSR count). The van der Waals surface area contributed by atoms with Crippen LogP contribution in [0.25, 0.3) is 0 Å². The molecule has 1 fully saturated rings. The Morgan fingerprint density at radius 3 is 2.52 bits per heavy atom. The molecular formula is C24H37BrN2O2S2. The third kappa shape index (κ3) is 4.47. The molecule has 1 spiro atoms. The summed E-state index contributed by atoms with van der Waals surface area (Å²) >= 11 is 8.69. The number of likely N-dealkylation sites (N-methyl/N-ethyl adjacent to an activating group) is 1. The first-order valence-electron chi connectivity index (χ1n) is 11.3. The van der Waals surface area contributed by atoms with Gasteiger partial charge in [-0.25, -0.2) is 0 Å². The van der Waals surface area contributed by atoms with Crippen molar-refractivity contribution in [2.75, 3.05) is 27.0 Å². The maximum atomic E-state index is 13.4. The van der Waals surface area contributed by atoms with Crippen molar-refractivity contribution in [3.05, 3.63) is 33.8 Å². The number of unbranched alkanes of at least 4 members (excludes halogenated alkanes) is 1. The number of fused-ring (bicyclic) bond motifs is 1. The number of rotatable bonds is 7. The summed E-state index contributed by atoms with van der Waals surface area (Å²) in [5.41, 5.74) is 1.70. The SMILES string of the molecule is CCCC[S@+]([O-])N[C@@]1(C(=S)N(C)C)c2cc(Br)ccc2C[C@@]12C[C@@H](C)[C@H](OC)[C@@H](C)C2. The van der Waals surface area contributed by atoms with Crippen LogP contribution in [0.1, 0.15) is 57.6 Å². The Kier molecular flexibility index (Phi) is 8.19. The summed E-state index contributed by atoms with van der Waals surface area (Å²) in [6.45, 7) is 6.72. The highest BCUT2D eigenvalue weighted by Gasteiger charge is 2.65. The minimum Gasteiger partial charge on any atom is -0.598 e. The van der Waals surface area contributed by atoms with Gasteiger partial charge in [0.15, 0.2) is 0 Å². The number of nitrogens with one attached hydrogen (secondary N) is 1. The molecule has 0 bridgehead atoms. The van der Waals surface area contributed by atoms with Gasteiger partial charge in [0.2, 0.25) is 0 Å². The van der Waals surface area contributed by atoms with Gasteiger partial charge < -0.3 is 14.2 Å². The van der Waals surface area contributed by atoms with Crippen molar-refractivity contribution in [2.24, 2.45) is 17.3 Å². The van der Waals surface area contributed by atoms with E-state index in [1.165, 1.54) is 11.1 Å². The molecule has 0 amide bonds. The van der Waals surface area contributed by atoms with E-state index in [1.807, 2.05) is 26.1 Å². The number of hydrogen-bond donors (Lipinski definition) is 1. The van der Waals surface area contributed by atoms with Crippen molar-refractivity contribution in [2.45, 2.75) is 64.5 Å². The molecule has 2 aliphatic rings. The standard InChI is InChI=1S/C24H37BrN2O2S2/c1-7-8-11-31(28)26-24(22(30)27(4)5)20-12-19(25)10-9-18(20)15-23(24)13-16(2)21(29-6)17(3)14-23/h9-10,12,16-17,21,26H,7-8,11,13-15H2,1-6H3/t16-,17+,21+,23+,24-,31+/m1/s1. The van der Waals surface area contributed by atoms with E-state index in [-0.39, 0.29) is 11.5 Å². The molecule has 1 N–H and O–H groups in total. The van der Waals surface area contributed by atoms with Crippen LogP contribution in [0.15, 0.2) is 22.7 Å². The van der Waals surface area contributed by atoms with Crippen molar-refractivity contribution in [1.29, 1.82) is 0 Å². The Labute approximate surface area is 205 Å². The molecule has 1 aromatic rings. The van der Waals surface area contributed by atoms with Gasteiger partial charge in [-0.2, -0.15) is 0 Å². The summed E-state index contributed by atoms with van der Waals surface area (Å²) in [5, 5.41) is 0. The number of halogens is 1. The van der Waals surface area contributed by atoms with E-state index in [2.05, 4.69) is 59.6 Å². The van der Waals surface area contributed by atoms with E-state index in [1.54, 1.807) is 0 Å². The van der Waals surface area contributed by atoms with Crippen LogP contribution < -0.4 is 4.72 Å². The van der Waals surface area contributed by atoms with E-state index >= 15 is 0 Å². The Morgan fingerprint density at radius 2 is 1.97 bits per heavy atom. The van der Waals surface area contributed by atoms with Gasteiger partial charge in [-0.15, -0.1) is 4.72 Å². The molecule has 6 atom stereocenters. The number of methoxy groups -OCH3 is 1. The summed E-state index contributed by atoms with van der Waals surface area (Å²) in [6, 6.07) is 6.53. The zero-order valence-corrected chi connectivity index (χ0v) is 22.9. The monoisotopic (exact) mass is 528 g/mol. The minimum atomic E-state index is -1.17. The second-order valence-corrected chi connectivity index (χ2v) is 12.4. The van der Waals surface area contributed by atoms with E-state index in [9.17, 15) is 4.55 Å². The van der Waals surface area contributed by atoms with E-state index in [4.69, 9.17) is 17.0 Å². The van der Waals surface area contributed by atoms with Crippen molar-refractivity contribution >= 4 is 44.5 Å². The van der Waals surface area contributed by atoms with Crippen molar-refractivity contribution in [3.8, 4) is 0 Å². The lowest BCUT2D eigenvalue weighted by Gasteiger charge is -2.54. The van der Waals surface area contributed by atoms with Crippen LogP contribution in [-0.2, 0) is 28.1 Å². The molecular weight excluding hydrogens is 492 g/mol.